The summed E-state index contributed by atoms with van der Waals surface area (Å²) in [6.45, 7) is 2.59. The van der Waals surface area contributed by atoms with Crippen LogP contribution in [0.4, 0.5) is 0 Å². The van der Waals surface area contributed by atoms with Gasteiger partial charge in [0.15, 0.2) is 11.5 Å². The molecule has 3 rings (SSSR count). The van der Waals surface area contributed by atoms with E-state index in [2.05, 4.69) is 11.4 Å². The molecule has 0 aromatic heterocycles. The number of hydrogen-bond donors (Lipinski definition) is 1. The van der Waals surface area contributed by atoms with Crippen LogP contribution >= 0.6 is 0 Å². The van der Waals surface area contributed by atoms with Crippen LogP contribution in [0.3, 0.4) is 0 Å². The minimum Gasteiger partial charge on any atom is -0.465 e. The van der Waals surface area contributed by atoms with Gasteiger partial charge in [0.25, 0.3) is 0 Å². The SMILES string of the molecule is CCOC(=O)C1NC1CCCc1ccc2c(c1)OCO2. The summed E-state index contributed by atoms with van der Waals surface area (Å²) in [5.74, 6) is 1.53. The summed E-state index contributed by atoms with van der Waals surface area (Å²) in [6, 6.07) is 6.24. The highest BCUT2D eigenvalue weighted by Gasteiger charge is 2.42. The molecule has 0 amide bonds. The average molecular weight is 277 g/mol. The molecule has 5 nitrogen and oxygen atoms in total. The molecule has 2 atom stereocenters. The van der Waals surface area contributed by atoms with Gasteiger partial charge in [0.1, 0.15) is 6.04 Å². The van der Waals surface area contributed by atoms with Crippen LogP contribution < -0.4 is 14.8 Å². The highest BCUT2D eigenvalue weighted by atomic mass is 16.7. The van der Waals surface area contributed by atoms with Crippen molar-refractivity contribution in [3.05, 3.63) is 23.8 Å². The summed E-state index contributed by atoms with van der Waals surface area (Å²) in [6.07, 6.45) is 3.00. The van der Waals surface area contributed by atoms with Gasteiger partial charge in [-0.25, -0.2) is 0 Å². The molecule has 2 unspecified atom stereocenters. The molecular formula is C15H19NO4. The van der Waals surface area contributed by atoms with E-state index >= 15 is 0 Å². The van der Waals surface area contributed by atoms with E-state index in [0.29, 0.717) is 13.4 Å². The zero-order valence-electron chi connectivity index (χ0n) is 11.6. The van der Waals surface area contributed by atoms with Crippen molar-refractivity contribution in [3.8, 4) is 11.5 Å². The second kappa shape index (κ2) is 5.71. The monoisotopic (exact) mass is 277 g/mol. The van der Waals surface area contributed by atoms with Crippen molar-refractivity contribution in [2.75, 3.05) is 13.4 Å². The molecule has 0 bridgehead atoms. The summed E-state index contributed by atoms with van der Waals surface area (Å²) in [4.78, 5) is 11.5. The maximum atomic E-state index is 11.5. The van der Waals surface area contributed by atoms with Crippen molar-refractivity contribution in [3.63, 3.8) is 0 Å². The Morgan fingerprint density at radius 1 is 1.40 bits per heavy atom. The zero-order chi connectivity index (χ0) is 13.9. The number of fused-ring (bicyclic) bond motifs is 1. The van der Waals surface area contributed by atoms with Gasteiger partial charge in [0.2, 0.25) is 6.79 Å². The molecule has 5 heteroatoms. The van der Waals surface area contributed by atoms with Gasteiger partial charge in [-0.1, -0.05) is 6.07 Å². The van der Waals surface area contributed by atoms with Crippen molar-refractivity contribution in [1.29, 1.82) is 0 Å². The number of nitrogens with one attached hydrogen (secondary N) is 1. The van der Waals surface area contributed by atoms with E-state index < -0.39 is 0 Å². The second-order valence-electron chi connectivity index (χ2n) is 5.08. The standard InChI is InChI=1S/C15H19NO4/c1-2-18-15(17)14-11(16-14)5-3-4-10-6-7-12-13(8-10)20-9-19-12/h6-8,11,14,16H,2-5,9H2,1H3. The Morgan fingerprint density at radius 3 is 3.10 bits per heavy atom. The highest BCUT2D eigenvalue weighted by molar-refractivity contribution is 5.80. The normalized spacial score (nSPS) is 22.6. The number of ether oxygens (including phenoxy) is 3. The van der Waals surface area contributed by atoms with Crippen LogP contribution in [0.5, 0.6) is 11.5 Å². The first-order valence-electron chi connectivity index (χ1n) is 7.09. The third-order valence-electron chi connectivity index (χ3n) is 3.64. The second-order valence-corrected chi connectivity index (χ2v) is 5.08. The van der Waals surface area contributed by atoms with Crippen LogP contribution in [-0.2, 0) is 16.0 Å². The van der Waals surface area contributed by atoms with Gasteiger partial charge in [0, 0.05) is 6.04 Å². The molecule has 1 aromatic carbocycles. The smallest absolute Gasteiger partial charge is 0.324 e. The molecule has 0 spiro atoms. The van der Waals surface area contributed by atoms with Gasteiger partial charge >= 0.3 is 5.97 Å². The Bertz CT molecular complexity index is 503. The first-order chi connectivity index (χ1) is 9.78. The van der Waals surface area contributed by atoms with Gasteiger partial charge in [-0.15, -0.1) is 0 Å². The molecule has 2 aliphatic heterocycles. The minimum absolute atomic E-state index is 0.0910. The summed E-state index contributed by atoms with van der Waals surface area (Å²) in [7, 11) is 0. The predicted octanol–water partition coefficient (Wildman–Crippen LogP) is 1.64. The molecule has 1 N–H and O–H groups in total. The van der Waals surface area contributed by atoms with Crippen LogP contribution in [0.2, 0.25) is 0 Å². The number of aryl methyl sites for hydroxylation is 1. The van der Waals surface area contributed by atoms with Gasteiger partial charge in [-0.3, -0.25) is 10.1 Å². The zero-order valence-corrected chi connectivity index (χ0v) is 11.6. The van der Waals surface area contributed by atoms with E-state index in [0.717, 1.165) is 30.8 Å². The van der Waals surface area contributed by atoms with Crippen molar-refractivity contribution in [2.45, 2.75) is 38.3 Å². The molecule has 2 aliphatic rings. The maximum Gasteiger partial charge on any atom is 0.324 e. The van der Waals surface area contributed by atoms with E-state index in [1.807, 2.05) is 19.1 Å². The average Bonchev–Trinajstić information content (AvgIpc) is 3.07. The molecule has 1 saturated heterocycles. The number of hydrogen-bond acceptors (Lipinski definition) is 5. The van der Waals surface area contributed by atoms with E-state index in [9.17, 15) is 4.79 Å². The molecule has 20 heavy (non-hydrogen) atoms. The van der Waals surface area contributed by atoms with E-state index in [-0.39, 0.29) is 18.1 Å². The highest BCUT2D eigenvalue weighted by Crippen LogP contribution is 2.33. The number of carbonyl (C=O) groups is 1. The summed E-state index contributed by atoms with van der Waals surface area (Å²) < 4.78 is 15.6. The number of benzene rings is 1. The van der Waals surface area contributed by atoms with Crippen molar-refractivity contribution in [2.24, 2.45) is 0 Å². The van der Waals surface area contributed by atoms with E-state index in [4.69, 9.17) is 14.2 Å². The summed E-state index contributed by atoms with van der Waals surface area (Å²) in [5.41, 5.74) is 1.24. The molecule has 108 valence electrons. The lowest BCUT2D eigenvalue weighted by Gasteiger charge is -2.03. The fraction of sp³-hybridized carbons (Fsp3) is 0.533. The van der Waals surface area contributed by atoms with Crippen LogP contribution in [0.15, 0.2) is 18.2 Å². The lowest BCUT2D eigenvalue weighted by Crippen LogP contribution is -2.14. The van der Waals surface area contributed by atoms with Crippen molar-refractivity contribution >= 4 is 5.97 Å². The van der Waals surface area contributed by atoms with Crippen molar-refractivity contribution < 1.29 is 19.0 Å². The molecular weight excluding hydrogens is 258 g/mol. The number of esters is 1. The van der Waals surface area contributed by atoms with Crippen LogP contribution in [0.25, 0.3) is 0 Å². The van der Waals surface area contributed by atoms with Crippen LogP contribution in [0, 0.1) is 0 Å². The summed E-state index contributed by atoms with van der Waals surface area (Å²) in [5, 5.41) is 3.16. The lowest BCUT2D eigenvalue weighted by molar-refractivity contribution is -0.142. The van der Waals surface area contributed by atoms with Gasteiger partial charge in [-0.05, 0) is 43.9 Å². The molecule has 1 aromatic rings. The molecule has 2 heterocycles. The Hall–Kier alpha value is -1.75. The first-order valence-corrected chi connectivity index (χ1v) is 7.09. The fourth-order valence-electron chi connectivity index (χ4n) is 2.51. The Kier molecular flexibility index (Phi) is 3.78. The predicted molar refractivity (Wildman–Crippen MR) is 72.8 cm³/mol. The molecule has 0 radical (unpaired) electrons. The Morgan fingerprint density at radius 2 is 2.25 bits per heavy atom. The first kappa shape index (κ1) is 13.2. The van der Waals surface area contributed by atoms with Gasteiger partial charge in [-0.2, -0.15) is 0 Å². The quantitative estimate of drug-likeness (QED) is 0.632. The maximum absolute atomic E-state index is 11.5. The minimum atomic E-state index is -0.124. The third kappa shape index (κ3) is 2.88. The molecule has 0 saturated carbocycles. The van der Waals surface area contributed by atoms with Crippen LogP contribution in [-0.4, -0.2) is 31.5 Å². The van der Waals surface area contributed by atoms with E-state index in [1.165, 1.54) is 5.56 Å². The largest absolute Gasteiger partial charge is 0.465 e. The molecule has 1 fully saturated rings. The molecule has 0 aliphatic carbocycles. The lowest BCUT2D eigenvalue weighted by atomic mass is 10.1. The fourth-order valence-corrected chi connectivity index (χ4v) is 2.51. The Labute approximate surface area is 118 Å². The van der Waals surface area contributed by atoms with Crippen LogP contribution in [0.1, 0.15) is 25.3 Å². The van der Waals surface area contributed by atoms with Gasteiger partial charge in [0.05, 0.1) is 6.61 Å². The Balaban J connectivity index is 1.42. The van der Waals surface area contributed by atoms with Crippen molar-refractivity contribution in [1.82, 2.24) is 5.32 Å². The third-order valence-corrected chi connectivity index (χ3v) is 3.64. The topological polar surface area (TPSA) is 66.7 Å². The number of rotatable bonds is 6. The van der Waals surface area contributed by atoms with E-state index in [1.54, 1.807) is 0 Å². The number of carbonyl (C=O) groups excluding carboxylic acids is 1. The summed E-state index contributed by atoms with van der Waals surface area (Å²) >= 11 is 0. The van der Waals surface area contributed by atoms with Gasteiger partial charge < -0.3 is 14.2 Å².